The Bertz CT molecular complexity index is 4940. The summed E-state index contributed by atoms with van der Waals surface area (Å²) in [6.07, 6.45) is 1.74. The van der Waals surface area contributed by atoms with Crippen molar-refractivity contribution in [2.45, 2.75) is 101 Å². The number of phenolic OH excluding ortho intramolecular Hbond substituents is 1. The van der Waals surface area contributed by atoms with Crippen LogP contribution in [-0.4, -0.2) is 179 Å². The van der Waals surface area contributed by atoms with Crippen molar-refractivity contribution in [1.82, 2.24) is 61.0 Å². The van der Waals surface area contributed by atoms with Crippen molar-refractivity contribution in [3.05, 3.63) is 169 Å². The van der Waals surface area contributed by atoms with E-state index in [2.05, 4.69) is 56.0 Å². The molecular formula is C69H66N18O13S5. The third-order valence-electron chi connectivity index (χ3n) is 17.1. The molecule has 0 saturated carbocycles. The Morgan fingerprint density at radius 3 is 2.09 bits per heavy atom. The highest BCUT2D eigenvalue weighted by Gasteiger charge is 2.40. The zero-order chi connectivity index (χ0) is 74.5. The van der Waals surface area contributed by atoms with E-state index in [4.69, 9.17) is 50.8 Å². The highest BCUT2D eigenvalue weighted by atomic mass is 32.2. The minimum absolute atomic E-state index is 0.0162. The maximum absolute atomic E-state index is 15.1. The number of thiazole rings is 4. The molecular weight excluding hydrogens is 1450 g/mol. The smallest absolute Gasteiger partial charge is 0.275 e. The van der Waals surface area contributed by atoms with Gasteiger partial charge in [-0.25, -0.2) is 44.9 Å². The lowest BCUT2D eigenvalue weighted by molar-refractivity contribution is -0.140. The molecule has 4 aliphatic rings. The lowest BCUT2D eigenvalue weighted by atomic mass is 10.0. The average molecular weight is 1520 g/mol. The van der Waals surface area contributed by atoms with Crippen molar-refractivity contribution >= 4 is 127 Å². The number of aliphatic hydroxyl groups excluding tert-OH is 3. The zero-order valence-electron chi connectivity index (χ0n) is 55.9. The van der Waals surface area contributed by atoms with Crippen LogP contribution < -0.4 is 32.7 Å². The number of thioether (sulfide) groups is 1. The van der Waals surface area contributed by atoms with Crippen molar-refractivity contribution < 1.29 is 63.2 Å². The van der Waals surface area contributed by atoms with Crippen LogP contribution in [0.1, 0.15) is 99.9 Å². The van der Waals surface area contributed by atoms with Gasteiger partial charge in [-0.2, -0.15) is 0 Å². The van der Waals surface area contributed by atoms with Crippen LogP contribution in [-0.2, 0) is 46.4 Å². The number of benzene rings is 2. The number of aliphatic imine (C=N–C) groups is 4. The SMILES string of the molecule is C=C(NC(=O)C(=C)NC(=O)[C@@H]1CCCN1C(=O)[C@H](C)NC(=O)C(=C)NC(=O)c1csc(-c2ccc3c(n2)-c2csc(n2)-c2csc(n2)C2CCCN2C(=O)[C@H](Cc2ccc(O)cc2)N=C(O)[C@@H]2CSC(=N2)[C@H](Cc2ccccc2)N=C(O)c2csc(n2)[C@H](CC(N)=O)N=C(O)c2nc-3oc2C)n1)C(N)=O. The fraction of sp³-hybridized carbons (Fsp3) is 0.275. The van der Waals surface area contributed by atoms with E-state index in [1.165, 1.54) is 69.2 Å². The first-order valence-corrected chi connectivity index (χ1v) is 37.0. The van der Waals surface area contributed by atoms with E-state index in [0.717, 1.165) is 28.2 Å². The number of carbonyl (C=O) groups excluding carboxylic acids is 8. The Hall–Kier alpha value is -11.5. The third kappa shape index (κ3) is 16.8. The quantitative estimate of drug-likeness (QED) is 0.0426. The molecule has 12 rings (SSSR count). The predicted octanol–water partition coefficient (Wildman–Crippen LogP) is 6.66. The van der Waals surface area contributed by atoms with Gasteiger partial charge in [-0.15, -0.1) is 57.1 Å². The third-order valence-corrected chi connectivity index (χ3v) is 21.8. The molecule has 6 aromatic heterocycles. The van der Waals surface area contributed by atoms with E-state index < -0.39 is 119 Å². The topological polar surface area (TPSA) is 464 Å². The molecule has 105 heavy (non-hydrogen) atoms. The number of hydrogen-bond donors (Lipinski definition) is 10. The second-order valence-electron chi connectivity index (χ2n) is 24.5. The first kappa shape index (κ1) is 73.3. The molecule has 31 nitrogen and oxygen atoms in total. The van der Waals surface area contributed by atoms with Crippen molar-refractivity contribution in [3.8, 4) is 50.0 Å². The Balaban J connectivity index is 0.846. The largest absolute Gasteiger partial charge is 0.508 e. The number of carbonyl (C=O) groups is 8. The van der Waals surface area contributed by atoms with Crippen LogP contribution in [0, 0.1) is 6.92 Å². The molecule has 4 aliphatic heterocycles. The van der Waals surface area contributed by atoms with Crippen LogP contribution in [0.3, 0.4) is 0 Å². The number of fused-ring (bicyclic) bond motifs is 15. The lowest BCUT2D eigenvalue weighted by Crippen LogP contribution is -2.53. The van der Waals surface area contributed by atoms with Gasteiger partial charge in [0.25, 0.3) is 23.6 Å². The van der Waals surface area contributed by atoms with Crippen molar-refractivity contribution in [2.24, 2.45) is 31.4 Å². The van der Waals surface area contributed by atoms with E-state index in [9.17, 15) is 54.0 Å². The van der Waals surface area contributed by atoms with Gasteiger partial charge in [-0.3, -0.25) is 43.3 Å². The maximum atomic E-state index is 15.1. The van der Waals surface area contributed by atoms with Gasteiger partial charge in [0.1, 0.15) is 96.3 Å². The van der Waals surface area contributed by atoms with Gasteiger partial charge in [0.05, 0.1) is 45.9 Å². The van der Waals surface area contributed by atoms with Crippen LogP contribution in [0.4, 0.5) is 0 Å². The first-order valence-electron chi connectivity index (χ1n) is 32.5. The highest BCUT2D eigenvalue weighted by molar-refractivity contribution is 8.14. The van der Waals surface area contributed by atoms with Gasteiger partial charge in [0, 0.05) is 53.2 Å². The number of rotatable bonds is 17. The Labute approximate surface area is 617 Å². The summed E-state index contributed by atoms with van der Waals surface area (Å²) >= 11 is 5.96. The predicted molar refractivity (Wildman–Crippen MR) is 394 cm³/mol. The maximum Gasteiger partial charge on any atom is 0.275 e. The minimum Gasteiger partial charge on any atom is -0.508 e. The number of nitrogens with two attached hydrogens (primary N) is 2. The summed E-state index contributed by atoms with van der Waals surface area (Å²) in [7, 11) is 0. The van der Waals surface area contributed by atoms with Gasteiger partial charge >= 0.3 is 0 Å². The molecule has 8 amide bonds. The number of pyridine rings is 1. The molecule has 2 aromatic carbocycles. The Kier molecular flexibility index (Phi) is 22.1. The number of aromatic nitrogens is 6. The number of aryl methyl sites for hydroxylation is 1. The summed E-state index contributed by atoms with van der Waals surface area (Å²) in [6.45, 7) is 14.0. The molecule has 1 unspecified atom stereocenters. The minimum atomic E-state index is -1.23. The van der Waals surface area contributed by atoms with E-state index in [1.807, 2.05) is 35.7 Å². The Morgan fingerprint density at radius 1 is 0.648 bits per heavy atom. The second-order valence-corrected chi connectivity index (χ2v) is 29.0. The van der Waals surface area contributed by atoms with Gasteiger partial charge in [0.2, 0.25) is 47.2 Å². The molecule has 2 saturated heterocycles. The van der Waals surface area contributed by atoms with Crippen LogP contribution >= 0.6 is 57.1 Å². The van der Waals surface area contributed by atoms with Gasteiger partial charge in [-0.1, -0.05) is 62.2 Å². The number of hydrogen-bond acceptors (Lipinski definition) is 25. The number of primary amides is 2. The number of oxazole rings is 1. The number of nitrogens with zero attached hydrogens (tertiary/aromatic N) is 12. The van der Waals surface area contributed by atoms with Crippen molar-refractivity contribution in [2.75, 3.05) is 18.8 Å². The van der Waals surface area contributed by atoms with E-state index in [-0.39, 0.29) is 105 Å². The molecule has 8 aromatic rings. The van der Waals surface area contributed by atoms with E-state index in [0.29, 0.717) is 57.8 Å². The first-order chi connectivity index (χ1) is 50.3. The second kappa shape index (κ2) is 31.6. The average Bonchev–Trinajstić information content (AvgIpc) is 1.60. The number of aromatic hydroxyl groups is 1. The molecule has 12 N–H and O–H groups in total. The standard InChI is InChI=1S/C69H66N18O13S5/c1-31(54(71)90)72-55(91)33(3)74-60(96)49-13-9-21-86(49)68(98)34(4)75-56(92)32(2)73-57(93)45-27-102-63(81-45)40-20-19-39-53(76-40)44-26-101-66(80-44)48-30-105-67(84-48)50-14-10-22-87(50)69(99)43(24-37-15-17-38(88)18-16-37)79-59(95)47-29-103-64(82-47)41(23-36-11-7-6-8-12-36)77-58(94)46-28-104-65(83-46)42(25-51(70)89)78-61(97)52-35(5)100-62(39)85-52/h6-8,11-12,15-20,26-28,30,34,41-43,47,49-50,88H,1-3,9-10,13-14,21-25,29H2,4-5H3,(H2,70,89)(H2,71,90)(H,72,91)(H,73,93)(H,74,96)(H,75,92)(H,77,94)(H,78,97)(H,79,95)/t34-,41-,42-,43-,47-,49-,50?/m0/s1. The molecule has 7 atom stereocenters. The number of nitrogens with one attached hydrogen (secondary N) is 4. The van der Waals surface area contributed by atoms with Crippen LogP contribution in [0.2, 0.25) is 0 Å². The lowest BCUT2D eigenvalue weighted by Gasteiger charge is -2.27. The monoisotopic (exact) mass is 1510 g/mol. The summed E-state index contributed by atoms with van der Waals surface area (Å²) in [6, 6.07) is 12.2. The summed E-state index contributed by atoms with van der Waals surface area (Å²) in [4.78, 5) is 157. The van der Waals surface area contributed by atoms with Crippen molar-refractivity contribution in [1.29, 1.82) is 0 Å². The van der Waals surface area contributed by atoms with Gasteiger partial charge in [-0.05, 0) is 74.9 Å². The molecule has 36 heteroatoms. The summed E-state index contributed by atoms with van der Waals surface area (Å²) in [5.41, 5.74) is 12.4. The number of amides is 8. The molecule has 10 bridgehead atoms. The molecule has 0 spiro atoms. The molecule has 0 radical (unpaired) electrons. The molecule has 2 fully saturated rings. The van der Waals surface area contributed by atoms with Crippen LogP contribution in [0.15, 0.2) is 149 Å². The summed E-state index contributed by atoms with van der Waals surface area (Å²) in [5.74, 6) is -7.49. The van der Waals surface area contributed by atoms with Gasteiger partial charge in [0.15, 0.2) is 5.69 Å². The normalized spacial score (nSPS) is 19.2. The zero-order valence-corrected chi connectivity index (χ0v) is 60.0. The Morgan fingerprint density at radius 2 is 1.32 bits per heavy atom. The van der Waals surface area contributed by atoms with E-state index in [1.54, 1.807) is 41.5 Å². The van der Waals surface area contributed by atoms with Crippen LogP contribution in [0.25, 0.3) is 44.2 Å². The number of likely N-dealkylation sites (tertiary alicyclic amines) is 1. The fourth-order valence-electron chi connectivity index (χ4n) is 11.8. The number of phenols is 1. The van der Waals surface area contributed by atoms with Crippen molar-refractivity contribution in [3.63, 3.8) is 0 Å². The highest BCUT2D eigenvalue weighted by Crippen LogP contribution is 2.41. The van der Waals surface area contributed by atoms with Crippen LogP contribution in [0.5, 0.6) is 5.75 Å². The molecule has 540 valence electrons. The summed E-state index contributed by atoms with van der Waals surface area (Å²) in [5, 5.41) is 63.6. The number of aliphatic hydroxyl groups is 3. The summed E-state index contributed by atoms with van der Waals surface area (Å²) < 4.78 is 6.28. The molecule has 10 heterocycles. The van der Waals surface area contributed by atoms with E-state index >= 15 is 4.79 Å². The fourth-order valence-corrected chi connectivity index (χ4v) is 16.2. The molecule has 0 aliphatic carbocycles. The van der Waals surface area contributed by atoms with Gasteiger partial charge < -0.3 is 67.4 Å².